The van der Waals surface area contributed by atoms with Crippen LogP contribution in [0.1, 0.15) is 59.9 Å². The first-order valence-electron chi connectivity index (χ1n) is 10.5. The van der Waals surface area contributed by atoms with Gasteiger partial charge in [-0.3, -0.25) is 14.5 Å². The first kappa shape index (κ1) is 23.8. The van der Waals surface area contributed by atoms with E-state index in [1.807, 2.05) is 0 Å². The first-order chi connectivity index (χ1) is 15.5. The van der Waals surface area contributed by atoms with Crippen LogP contribution < -0.4 is 11.1 Å². The zero-order chi connectivity index (χ0) is 24.4. The van der Waals surface area contributed by atoms with Crippen LogP contribution in [0.3, 0.4) is 0 Å². The summed E-state index contributed by atoms with van der Waals surface area (Å²) in [6, 6.07) is 12.8. The number of likely N-dealkylation sites (tertiary alicyclic amines) is 1. The highest BCUT2D eigenvalue weighted by Gasteiger charge is 2.52. The first-order valence-corrected chi connectivity index (χ1v) is 10.5. The molecule has 0 spiro atoms. The molecule has 0 aromatic heterocycles. The Kier molecular flexibility index (Phi) is 6.44. The van der Waals surface area contributed by atoms with Gasteiger partial charge in [-0.05, 0) is 33.3 Å². The Labute approximate surface area is 191 Å². The quantitative estimate of drug-likeness (QED) is 0.571. The summed E-state index contributed by atoms with van der Waals surface area (Å²) in [5.74, 6) is -2.66. The molecular formula is C24H27N3O6. The van der Waals surface area contributed by atoms with Crippen LogP contribution in [-0.2, 0) is 9.53 Å². The fourth-order valence-electron chi connectivity index (χ4n) is 3.87. The molecule has 174 valence electrons. The SMILES string of the molecule is CC(C)(C)OC(=O)N1CCC[C@]1(Nc1cccc(C(=O)c2ccccc2)c1C(N)=O)C(=O)O. The van der Waals surface area contributed by atoms with Gasteiger partial charge in [0.15, 0.2) is 5.78 Å². The Hall–Kier alpha value is -3.88. The van der Waals surface area contributed by atoms with Crippen LogP contribution in [0.2, 0.25) is 0 Å². The number of anilines is 1. The third-order valence-electron chi connectivity index (χ3n) is 5.28. The van der Waals surface area contributed by atoms with E-state index in [4.69, 9.17) is 10.5 Å². The van der Waals surface area contributed by atoms with E-state index in [2.05, 4.69) is 5.32 Å². The maximum absolute atomic E-state index is 13.1. The number of carbonyl (C=O) groups excluding carboxylic acids is 3. The van der Waals surface area contributed by atoms with Crippen molar-refractivity contribution in [2.45, 2.75) is 44.9 Å². The number of amides is 2. The van der Waals surface area contributed by atoms with Crippen molar-refractivity contribution < 1.29 is 29.0 Å². The highest BCUT2D eigenvalue weighted by Crippen LogP contribution is 2.35. The Morgan fingerprint density at radius 2 is 1.73 bits per heavy atom. The number of hydrogen-bond acceptors (Lipinski definition) is 6. The summed E-state index contributed by atoms with van der Waals surface area (Å²) in [7, 11) is 0. The predicted octanol–water partition coefficient (Wildman–Crippen LogP) is 3.24. The standard InChI is InChI=1S/C24H27N3O6/c1-23(2,3)33-22(32)27-14-8-13-24(27,21(30)31)26-17-12-7-11-16(18(17)20(25)29)19(28)15-9-5-4-6-10-15/h4-7,9-12,26H,8,13-14H2,1-3H3,(H2,25,29)(H,30,31)/t24-/m1/s1. The van der Waals surface area contributed by atoms with E-state index in [0.29, 0.717) is 12.0 Å². The molecule has 2 amide bonds. The van der Waals surface area contributed by atoms with Gasteiger partial charge < -0.3 is 20.9 Å². The maximum atomic E-state index is 13.1. The highest BCUT2D eigenvalue weighted by molar-refractivity contribution is 6.17. The van der Waals surface area contributed by atoms with Crippen molar-refractivity contribution in [3.05, 3.63) is 65.2 Å². The second-order valence-corrected chi connectivity index (χ2v) is 8.81. The molecule has 0 saturated carbocycles. The van der Waals surface area contributed by atoms with Gasteiger partial charge in [-0.1, -0.05) is 42.5 Å². The van der Waals surface area contributed by atoms with Crippen LogP contribution in [0.5, 0.6) is 0 Å². The number of nitrogens with two attached hydrogens (primary N) is 1. The van der Waals surface area contributed by atoms with Crippen molar-refractivity contribution in [1.82, 2.24) is 4.90 Å². The van der Waals surface area contributed by atoms with Gasteiger partial charge in [-0.2, -0.15) is 0 Å². The van der Waals surface area contributed by atoms with Gasteiger partial charge >= 0.3 is 12.1 Å². The summed E-state index contributed by atoms with van der Waals surface area (Å²) in [4.78, 5) is 51.8. The van der Waals surface area contributed by atoms with E-state index in [-0.39, 0.29) is 29.8 Å². The number of carboxylic acid groups (broad SMARTS) is 1. The number of ether oxygens (including phenoxy) is 1. The maximum Gasteiger partial charge on any atom is 0.412 e. The molecule has 2 aromatic rings. The molecule has 0 radical (unpaired) electrons. The molecule has 3 rings (SSSR count). The molecule has 9 nitrogen and oxygen atoms in total. The number of nitrogens with one attached hydrogen (secondary N) is 1. The molecular weight excluding hydrogens is 426 g/mol. The number of carboxylic acids is 1. The molecule has 0 bridgehead atoms. The Balaban J connectivity index is 2.06. The van der Waals surface area contributed by atoms with Crippen molar-refractivity contribution in [3.8, 4) is 0 Å². The zero-order valence-corrected chi connectivity index (χ0v) is 18.8. The Morgan fingerprint density at radius 3 is 2.30 bits per heavy atom. The lowest BCUT2D eigenvalue weighted by molar-refractivity contribution is -0.147. The molecule has 9 heteroatoms. The number of nitrogens with zero attached hydrogens (tertiary/aromatic N) is 1. The van der Waals surface area contributed by atoms with Gasteiger partial charge in [0, 0.05) is 29.8 Å². The molecule has 0 unspecified atom stereocenters. The predicted molar refractivity (Wildman–Crippen MR) is 121 cm³/mol. The number of ketones is 1. The van der Waals surface area contributed by atoms with E-state index in [1.165, 1.54) is 18.2 Å². The summed E-state index contributed by atoms with van der Waals surface area (Å²) in [5.41, 5.74) is 3.19. The fourth-order valence-corrected chi connectivity index (χ4v) is 3.87. The molecule has 1 heterocycles. The smallest absolute Gasteiger partial charge is 0.412 e. The molecule has 4 N–H and O–H groups in total. The van der Waals surface area contributed by atoms with E-state index in [9.17, 15) is 24.3 Å². The number of benzene rings is 2. The third-order valence-corrected chi connectivity index (χ3v) is 5.28. The summed E-state index contributed by atoms with van der Waals surface area (Å²) in [6.45, 7) is 5.19. The molecule has 1 aliphatic heterocycles. The average molecular weight is 453 g/mol. The molecule has 0 aliphatic carbocycles. The monoisotopic (exact) mass is 453 g/mol. The molecule has 1 aliphatic rings. The summed E-state index contributed by atoms with van der Waals surface area (Å²) in [5, 5.41) is 13.0. The normalized spacial score (nSPS) is 18.0. The molecule has 2 aromatic carbocycles. The van der Waals surface area contributed by atoms with Crippen LogP contribution in [0.15, 0.2) is 48.5 Å². The number of primary amides is 1. The topological polar surface area (TPSA) is 139 Å². The second kappa shape index (κ2) is 8.93. The number of hydrogen-bond donors (Lipinski definition) is 3. The van der Waals surface area contributed by atoms with E-state index in [0.717, 1.165) is 4.90 Å². The van der Waals surface area contributed by atoms with E-state index in [1.54, 1.807) is 51.1 Å². The number of carbonyl (C=O) groups is 4. The van der Waals surface area contributed by atoms with Crippen molar-refractivity contribution >= 4 is 29.4 Å². The summed E-state index contributed by atoms with van der Waals surface area (Å²) >= 11 is 0. The molecule has 33 heavy (non-hydrogen) atoms. The van der Waals surface area contributed by atoms with Crippen LogP contribution in [0.4, 0.5) is 10.5 Å². The van der Waals surface area contributed by atoms with Crippen LogP contribution >= 0.6 is 0 Å². The van der Waals surface area contributed by atoms with Crippen molar-refractivity contribution in [2.75, 3.05) is 11.9 Å². The lowest BCUT2D eigenvalue weighted by Gasteiger charge is -2.37. The fraction of sp³-hybridized carbons (Fsp3) is 0.333. The van der Waals surface area contributed by atoms with Crippen molar-refractivity contribution in [3.63, 3.8) is 0 Å². The lowest BCUT2D eigenvalue weighted by Crippen LogP contribution is -2.59. The lowest BCUT2D eigenvalue weighted by atomic mass is 9.95. The minimum atomic E-state index is -1.87. The van der Waals surface area contributed by atoms with E-state index >= 15 is 0 Å². The zero-order valence-electron chi connectivity index (χ0n) is 18.8. The van der Waals surface area contributed by atoms with Crippen LogP contribution in [0, 0.1) is 0 Å². The van der Waals surface area contributed by atoms with Gasteiger partial charge in [-0.15, -0.1) is 0 Å². The Morgan fingerprint density at radius 1 is 1.06 bits per heavy atom. The van der Waals surface area contributed by atoms with E-state index < -0.39 is 35.0 Å². The van der Waals surface area contributed by atoms with Crippen LogP contribution in [-0.4, -0.2) is 51.6 Å². The van der Waals surface area contributed by atoms with Gasteiger partial charge in [0.05, 0.1) is 5.56 Å². The Bertz CT molecular complexity index is 1090. The molecule has 1 saturated heterocycles. The van der Waals surface area contributed by atoms with Crippen molar-refractivity contribution in [2.24, 2.45) is 5.73 Å². The van der Waals surface area contributed by atoms with Crippen molar-refractivity contribution in [1.29, 1.82) is 0 Å². The summed E-state index contributed by atoms with van der Waals surface area (Å²) < 4.78 is 5.40. The van der Waals surface area contributed by atoms with Gasteiger partial charge in [0.2, 0.25) is 5.66 Å². The summed E-state index contributed by atoms with van der Waals surface area (Å²) in [6.07, 6.45) is -0.337. The minimum absolute atomic E-state index is 0.0288. The average Bonchev–Trinajstić information content (AvgIpc) is 3.17. The van der Waals surface area contributed by atoms with Gasteiger partial charge in [0.1, 0.15) is 5.60 Å². The van der Waals surface area contributed by atoms with Crippen LogP contribution in [0.25, 0.3) is 0 Å². The third kappa shape index (κ3) is 4.82. The number of rotatable bonds is 6. The van der Waals surface area contributed by atoms with Gasteiger partial charge in [-0.25, -0.2) is 9.59 Å². The molecule has 1 fully saturated rings. The molecule has 1 atom stereocenters. The van der Waals surface area contributed by atoms with Gasteiger partial charge in [0.25, 0.3) is 5.91 Å². The minimum Gasteiger partial charge on any atom is -0.478 e. The number of aliphatic carboxylic acids is 1. The largest absolute Gasteiger partial charge is 0.478 e. The second-order valence-electron chi connectivity index (χ2n) is 8.81. The highest BCUT2D eigenvalue weighted by atomic mass is 16.6.